The summed E-state index contributed by atoms with van der Waals surface area (Å²) < 4.78 is 20.8. The highest BCUT2D eigenvalue weighted by Gasteiger charge is 2.22. The summed E-state index contributed by atoms with van der Waals surface area (Å²) >= 11 is 11.8. The van der Waals surface area contributed by atoms with Crippen LogP contribution < -0.4 is 0 Å². The van der Waals surface area contributed by atoms with Gasteiger partial charge in [0.25, 0.3) is 0 Å². The average Bonchev–Trinajstić information content (AvgIpc) is 2.80. The lowest BCUT2D eigenvalue weighted by Gasteiger charge is -2.07. The number of carbonyl (C=O) groups excluding carboxylic acids is 1. The van der Waals surface area contributed by atoms with Gasteiger partial charge in [-0.2, -0.15) is 0 Å². The van der Waals surface area contributed by atoms with Crippen LogP contribution in [0.5, 0.6) is 0 Å². The van der Waals surface area contributed by atoms with Crippen molar-refractivity contribution in [1.29, 1.82) is 0 Å². The van der Waals surface area contributed by atoms with Crippen LogP contribution in [0.3, 0.4) is 0 Å². The fourth-order valence-corrected chi connectivity index (χ4v) is 3.00. The largest absolute Gasteiger partial charge is 0.468 e. The van der Waals surface area contributed by atoms with Crippen molar-refractivity contribution in [1.82, 2.24) is 14.8 Å². The van der Waals surface area contributed by atoms with Crippen molar-refractivity contribution in [3.63, 3.8) is 0 Å². The molecular formula is C16H12Cl2FN3O2. The molecule has 3 aromatic rings. The molecular weight excluding hydrogens is 356 g/mol. The summed E-state index contributed by atoms with van der Waals surface area (Å²) in [6.07, 6.45) is 0. The van der Waals surface area contributed by atoms with Gasteiger partial charge in [-0.1, -0.05) is 23.2 Å². The maximum absolute atomic E-state index is 14.5. The molecule has 2 heterocycles. The zero-order chi connectivity index (χ0) is 17.4. The molecule has 0 saturated carbocycles. The van der Waals surface area contributed by atoms with Crippen LogP contribution >= 0.6 is 23.2 Å². The van der Waals surface area contributed by atoms with Crippen LogP contribution in [0.4, 0.5) is 4.39 Å². The Morgan fingerprint density at radius 3 is 2.67 bits per heavy atom. The van der Waals surface area contributed by atoms with Crippen molar-refractivity contribution in [3.05, 3.63) is 46.0 Å². The fraction of sp³-hybridized carbons (Fsp3) is 0.188. The molecule has 1 aromatic carbocycles. The van der Waals surface area contributed by atoms with Crippen molar-refractivity contribution in [2.24, 2.45) is 0 Å². The number of aromatic nitrogens is 3. The van der Waals surface area contributed by atoms with Gasteiger partial charge in [0, 0.05) is 21.7 Å². The van der Waals surface area contributed by atoms with Gasteiger partial charge in [-0.05, 0) is 31.2 Å². The summed E-state index contributed by atoms with van der Waals surface area (Å²) in [6, 6.07) is 6.10. The number of carbonyl (C=O) groups is 1. The first-order valence-electron chi connectivity index (χ1n) is 6.96. The Morgan fingerprint density at radius 1 is 1.29 bits per heavy atom. The number of nitrogens with zero attached hydrogens (tertiary/aromatic N) is 3. The van der Waals surface area contributed by atoms with Crippen LogP contribution in [-0.4, -0.2) is 27.8 Å². The minimum atomic E-state index is -0.530. The Bertz CT molecular complexity index is 939. The highest BCUT2D eigenvalue weighted by molar-refractivity contribution is 6.31. The average molecular weight is 368 g/mol. The number of ether oxygens (including phenoxy) is 1. The topological polar surface area (TPSA) is 57.0 Å². The van der Waals surface area contributed by atoms with Crippen LogP contribution in [-0.2, 0) is 16.1 Å². The van der Waals surface area contributed by atoms with Gasteiger partial charge in [-0.3, -0.25) is 4.79 Å². The molecule has 0 aliphatic carbocycles. The zero-order valence-electron chi connectivity index (χ0n) is 12.8. The SMILES string of the molecule is COC(=O)Cn1c(C)c(-c2ccc(Cl)nn2)c2cc(Cl)cc(F)c21. The van der Waals surface area contributed by atoms with E-state index in [1.54, 1.807) is 29.7 Å². The number of benzene rings is 1. The molecule has 0 atom stereocenters. The normalized spacial score (nSPS) is 11.0. The van der Waals surface area contributed by atoms with Gasteiger partial charge in [-0.25, -0.2) is 4.39 Å². The molecule has 0 saturated heterocycles. The lowest BCUT2D eigenvalue weighted by molar-refractivity contribution is -0.141. The predicted octanol–water partition coefficient (Wildman–Crippen LogP) is 4.03. The van der Waals surface area contributed by atoms with E-state index in [2.05, 4.69) is 10.2 Å². The van der Waals surface area contributed by atoms with Crippen LogP contribution in [0.1, 0.15) is 5.69 Å². The Morgan fingerprint density at radius 2 is 2.04 bits per heavy atom. The molecule has 0 amide bonds. The van der Waals surface area contributed by atoms with E-state index in [9.17, 15) is 9.18 Å². The lowest BCUT2D eigenvalue weighted by Crippen LogP contribution is -2.13. The Kier molecular flexibility index (Phi) is 4.43. The second kappa shape index (κ2) is 6.37. The minimum absolute atomic E-state index is 0.127. The summed E-state index contributed by atoms with van der Waals surface area (Å²) in [5.74, 6) is -1.02. The molecule has 0 unspecified atom stereocenters. The highest BCUT2D eigenvalue weighted by atomic mass is 35.5. The van der Waals surface area contributed by atoms with Gasteiger partial charge in [0.15, 0.2) is 5.15 Å². The first-order valence-corrected chi connectivity index (χ1v) is 7.72. The maximum atomic E-state index is 14.5. The number of hydrogen-bond acceptors (Lipinski definition) is 4. The van der Waals surface area contributed by atoms with E-state index in [1.165, 1.54) is 13.2 Å². The van der Waals surface area contributed by atoms with Gasteiger partial charge in [-0.15, -0.1) is 10.2 Å². The lowest BCUT2D eigenvalue weighted by atomic mass is 10.1. The molecule has 8 heteroatoms. The number of esters is 1. The Labute approximate surface area is 147 Å². The van der Waals surface area contributed by atoms with Crippen LogP contribution in [0, 0.1) is 12.7 Å². The molecule has 0 bridgehead atoms. The van der Waals surface area contributed by atoms with Crippen molar-refractivity contribution in [3.8, 4) is 11.3 Å². The third-order valence-corrected chi connectivity index (χ3v) is 4.16. The molecule has 24 heavy (non-hydrogen) atoms. The Hall–Kier alpha value is -2.18. The summed E-state index contributed by atoms with van der Waals surface area (Å²) in [5.41, 5.74) is 2.05. The van der Waals surface area contributed by atoms with E-state index in [0.717, 1.165) is 0 Å². The third kappa shape index (κ3) is 2.83. The van der Waals surface area contributed by atoms with Crippen LogP contribution in [0.15, 0.2) is 24.3 Å². The second-order valence-electron chi connectivity index (χ2n) is 5.15. The second-order valence-corrected chi connectivity index (χ2v) is 5.97. The van der Waals surface area contributed by atoms with E-state index in [0.29, 0.717) is 22.3 Å². The van der Waals surface area contributed by atoms with Gasteiger partial charge < -0.3 is 9.30 Å². The summed E-state index contributed by atoms with van der Waals surface area (Å²) in [5, 5.41) is 8.91. The van der Waals surface area contributed by atoms with Crippen LogP contribution in [0.2, 0.25) is 10.2 Å². The number of fused-ring (bicyclic) bond motifs is 1. The molecule has 0 N–H and O–H groups in total. The number of methoxy groups -OCH3 is 1. The van der Waals surface area contributed by atoms with E-state index >= 15 is 0 Å². The zero-order valence-corrected chi connectivity index (χ0v) is 14.3. The summed E-state index contributed by atoms with van der Waals surface area (Å²) in [7, 11) is 1.28. The maximum Gasteiger partial charge on any atom is 0.325 e. The molecule has 0 spiro atoms. The molecule has 5 nitrogen and oxygen atoms in total. The standard InChI is InChI=1S/C16H12Cl2FN3O2/c1-8-15(12-3-4-13(18)21-20-12)10-5-9(17)6-11(19)16(10)22(8)7-14(23)24-2/h3-6H,7H2,1-2H3. The van der Waals surface area contributed by atoms with Gasteiger partial charge in [0.1, 0.15) is 12.4 Å². The molecule has 3 rings (SSSR count). The number of halogens is 3. The number of rotatable bonds is 3. The van der Waals surface area contributed by atoms with E-state index < -0.39 is 11.8 Å². The Balaban J connectivity index is 2.34. The van der Waals surface area contributed by atoms with E-state index in [-0.39, 0.29) is 22.2 Å². The first kappa shape index (κ1) is 16.7. The third-order valence-electron chi connectivity index (χ3n) is 3.74. The van der Waals surface area contributed by atoms with Crippen LogP contribution in [0.25, 0.3) is 22.2 Å². The first-order chi connectivity index (χ1) is 11.4. The van der Waals surface area contributed by atoms with Crippen molar-refractivity contribution in [2.45, 2.75) is 13.5 Å². The van der Waals surface area contributed by atoms with E-state index in [4.69, 9.17) is 27.9 Å². The molecule has 2 aromatic heterocycles. The highest BCUT2D eigenvalue weighted by Crippen LogP contribution is 2.36. The summed E-state index contributed by atoms with van der Waals surface area (Å²) in [6.45, 7) is 1.64. The molecule has 0 aliphatic rings. The quantitative estimate of drug-likeness (QED) is 0.655. The summed E-state index contributed by atoms with van der Waals surface area (Å²) in [4.78, 5) is 11.7. The number of hydrogen-bond donors (Lipinski definition) is 0. The molecule has 124 valence electrons. The van der Waals surface area contributed by atoms with Gasteiger partial charge in [0.2, 0.25) is 0 Å². The van der Waals surface area contributed by atoms with E-state index in [1.807, 2.05) is 0 Å². The molecule has 0 radical (unpaired) electrons. The van der Waals surface area contributed by atoms with Crippen molar-refractivity contribution >= 4 is 40.1 Å². The molecule has 0 fully saturated rings. The predicted molar refractivity (Wildman–Crippen MR) is 89.7 cm³/mol. The minimum Gasteiger partial charge on any atom is -0.468 e. The van der Waals surface area contributed by atoms with Crippen molar-refractivity contribution in [2.75, 3.05) is 7.11 Å². The fourth-order valence-electron chi connectivity index (χ4n) is 2.69. The van der Waals surface area contributed by atoms with Crippen molar-refractivity contribution < 1.29 is 13.9 Å². The smallest absolute Gasteiger partial charge is 0.325 e. The van der Waals surface area contributed by atoms with Gasteiger partial charge >= 0.3 is 5.97 Å². The monoisotopic (exact) mass is 367 g/mol. The molecule has 0 aliphatic heterocycles. The van der Waals surface area contributed by atoms with Gasteiger partial charge in [0.05, 0.1) is 18.3 Å².